The van der Waals surface area contributed by atoms with E-state index in [-0.39, 0.29) is 29.6 Å². The van der Waals surface area contributed by atoms with Crippen molar-refractivity contribution in [1.82, 2.24) is 9.62 Å². The van der Waals surface area contributed by atoms with Crippen LogP contribution >= 0.6 is 0 Å². The van der Waals surface area contributed by atoms with Crippen molar-refractivity contribution in [3.63, 3.8) is 0 Å². The molecular formula is C23H35N3O4S. The molecule has 2 heterocycles. The zero-order chi connectivity index (χ0) is 22.6. The summed E-state index contributed by atoms with van der Waals surface area (Å²) < 4.78 is 28.2. The summed E-state index contributed by atoms with van der Waals surface area (Å²) in [6.07, 6.45) is 6.10. The Kier molecular flexibility index (Phi) is 7.42. The van der Waals surface area contributed by atoms with Crippen molar-refractivity contribution in [1.29, 1.82) is 0 Å². The highest BCUT2D eigenvalue weighted by Crippen LogP contribution is 2.31. The van der Waals surface area contributed by atoms with Gasteiger partial charge in [0.2, 0.25) is 21.8 Å². The van der Waals surface area contributed by atoms with E-state index < -0.39 is 15.6 Å². The number of amides is 2. The Bertz CT molecular complexity index is 919. The molecule has 0 unspecified atom stereocenters. The normalized spacial score (nSPS) is 17.4. The molecule has 0 aromatic heterocycles. The zero-order valence-electron chi connectivity index (χ0n) is 18.9. The Balaban J connectivity index is 1.64. The lowest BCUT2D eigenvalue weighted by atomic mass is 10.0. The quantitative estimate of drug-likeness (QED) is 0.692. The largest absolute Gasteiger partial charge is 0.343 e. The SMILES string of the molecule is CCC(C)(C)NS(=O)(=O)c1ccc2c(c1)CCN2C(=O)CCC(=O)N1CCCCCC1. The van der Waals surface area contributed by atoms with Gasteiger partial charge in [-0.15, -0.1) is 0 Å². The number of hydrogen-bond acceptors (Lipinski definition) is 4. The molecule has 2 aliphatic rings. The summed E-state index contributed by atoms with van der Waals surface area (Å²) in [7, 11) is -3.63. The van der Waals surface area contributed by atoms with Gasteiger partial charge in [-0.3, -0.25) is 9.59 Å². The standard InChI is InChI=1S/C23H35N3O4S/c1-4-23(2,3)24-31(29,30)19-9-10-20-18(17-19)13-16-26(20)22(28)12-11-21(27)25-14-7-5-6-8-15-25/h9-10,17,24H,4-8,11-16H2,1-3H3. The first-order chi connectivity index (χ1) is 14.6. The fourth-order valence-electron chi connectivity index (χ4n) is 4.13. The van der Waals surface area contributed by atoms with Gasteiger partial charge in [0, 0.05) is 43.7 Å². The zero-order valence-corrected chi connectivity index (χ0v) is 19.8. The number of carbonyl (C=O) groups excluding carboxylic acids is 2. The summed E-state index contributed by atoms with van der Waals surface area (Å²) in [5.41, 5.74) is 1.07. The van der Waals surface area contributed by atoms with E-state index in [0.717, 1.165) is 50.0 Å². The summed E-state index contributed by atoms with van der Waals surface area (Å²) in [4.78, 5) is 29.1. The van der Waals surface area contributed by atoms with E-state index in [1.165, 1.54) is 0 Å². The first kappa shape index (κ1) is 23.7. The van der Waals surface area contributed by atoms with E-state index in [1.54, 1.807) is 23.1 Å². The molecule has 1 N–H and O–H groups in total. The maximum Gasteiger partial charge on any atom is 0.241 e. The van der Waals surface area contributed by atoms with Gasteiger partial charge < -0.3 is 9.80 Å². The van der Waals surface area contributed by atoms with Gasteiger partial charge in [0.25, 0.3) is 0 Å². The van der Waals surface area contributed by atoms with Crippen LogP contribution in [0.3, 0.4) is 0 Å². The van der Waals surface area contributed by atoms with E-state index >= 15 is 0 Å². The second-order valence-electron chi connectivity index (χ2n) is 9.22. The third-order valence-electron chi connectivity index (χ3n) is 6.36. The molecular weight excluding hydrogens is 414 g/mol. The molecule has 31 heavy (non-hydrogen) atoms. The first-order valence-electron chi connectivity index (χ1n) is 11.4. The first-order valence-corrected chi connectivity index (χ1v) is 12.9. The van der Waals surface area contributed by atoms with Gasteiger partial charge in [-0.2, -0.15) is 0 Å². The van der Waals surface area contributed by atoms with Gasteiger partial charge in [0.1, 0.15) is 0 Å². The van der Waals surface area contributed by atoms with Crippen LogP contribution in [0.15, 0.2) is 23.1 Å². The number of anilines is 1. The van der Waals surface area contributed by atoms with Crippen molar-refractivity contribution >= 4 is 27.5 Å². The summed E-state index contributed by atoms with van der Waals surface area (Å²) in [6, 6.07) is 4.93. The van der Waals surface area contributed by atoms with Crippen LogP contribution in [0.1, 0.15) is 71.3 Å². The van der Waals surface area contributed by atoms with Crippen LogP contribution in [-0.2, 0) is 26.0 Å². The minimum absolute atomic E-state index is 0.0562. The molecule has 0 saturated carbocycles. The number of benzene rings is 1. The summed E-state index contributed by atoms with van der Waals surface area (Å²) >= 11 is 0. The summed E-state index contributed by atoms with van der Waals surface area (Å²) in [5.74, 6) is -0.0245. The lowest BCUT2D eigenvalue weighted by molar-refractivity contribution is -0.133. The van der Waals surface area contributed by atoms with Gasteiger partial charge in [0.15, 0.2) is 0 Å². The highest BCUT2D eigenvalue weighted by atomic mass is 32.2. The molecule has 1 aromatic rings. The Morgan fingerprint density at radius 1 is 1.00 bits per heavy atom. The average molecular weight is 450 g/mol. The number of hydrogen-bond donors (Lipinski definition) is 1. The smallest absolute Gasteiger partial charge is 0.241 e. The highest BCUT2D eigenvalue weighted by Gasteiger charge is 2.29. The summed E-state index contributed by atoms with van der Waals surface area (Å²) in [6.45, 7) is 7.74. The molecule has 0 aliphatic carbocycles. The number of carbonyl (C=O) groups is 2. The summed E-state index contributed by atoms with van der Waals surface area (Å²) in [5, 5.41) is 0. The molecule has 7 nitrogen and oxygen atoms in total. The number of likely N-dealkylation sites (tertiary alicyclic amines) is 1. The predicted molar refractivity (Wildman–Crippen MR) is 121 cm³/mol. The Morgan fingerprint density at radius 2 is 1.65 bits per heavy atom. The second-order valence-corrected chi connectivity index (χ2v) is 10.9. The molecule has 1 fully saturated rings. The van der Waals surface area contributed by atoms with E-state index in [9.17, 15) is 18.0 Å². The molecule has 2 amide bonds. The Hall–Kier alpha value is -1.93. The monoisotopic (exact) mass is 449 g/mol. The number of fused-ring (bicyclic) bond motifs is 1. The number of nitrogens with one attached hydrogen (secondary N) is 1. The van der Waals surface area contributed by atoms with Gasteiger partial charge in [0.05, 0.1) is 4.90 Å². The Labute approximate surface area is 186 Å². The molecule has 0 atom stereocenters. The van der Waals surface area contributed by atoms with Gasteiger partial charge in [-0.05, 0) is 63.3 Å². The van der Waals surface area contributed by atoms with Crippen LogP contribution in [0, 0.1) is 0 Å². The second kappa shape index (κ2) is 9.69. The molecule has 0 spiro atoms. The van der Waals surface area contributed by atoms with Gasteiger partial charge in [-0.25, -0.2) is 13.1 Å². The molecule has 1 aromatic carbocycles. The van der Waals surface area contributed by atoms with E-state index in [0.29, 0.717) is 19.4 Å². The fourth-order valence-corrected chi connectivity index (χ4v) is 5.66. The van der Waals surface area contributed by atoms with Crippen molar-refractivity contribution in [2.45, 2.75) is 82.6 Å². The van der Waals surface area contributed by atoms with Crippen LogP contribution in [-0.4, -0.2) is 50.3 Å². The van der Waals surface area contributed by atoms with E-state index in [1.807, 2.05) is 25.7 Å². The van der Waals surface area contributed by atoms with Crippen molar-refractivity contribution in [3.8, 4) is 0 Å². The van der Waals surface area contributed by atoms with Crippen LogP contribution in [0.2, 0.25) is 0 Å². The number of rotatable bonds is 7. The fraction of sp³-hybridized carbons (Fsp3) is 0.652. The molecule has 172 valence electrons. The molecule has 0 radical (unpaired) electrons. The number of sulfonamides is 1. The third-order valence-corrected chi connectivity index (χ3v) is 8.06. The van der Waals surface area contributed by atoms with Crippen molar-refractivity contribution < 1.29 is 18.0 Å². The van der Waals surface area contributed by atoms with Crippen molar-refractivity contribution in [2.75, 3.05) is 24.5 Å². The lowest BCUT2D eigenvalue weighted by Gasteiger charge is -2.24. The minimum atomic E-state index is -3.63. The van der Waals surface area contributed by atoms with Crippen LogP contribution in [0.25, 0.3) is 0 Å². The van der Waals surface area contributed by atoms with Crippen molar-refractivity contribution in [2.24, 2.45) is 0 Å². The number of nitrogens with zero attached hydrogens (tertiary/aromatic N) is 2. The maximum absolute atomic E-state index is 12.8. The predicted octanol–water partition coefficient (Wildman–Crippen LogP) is 3.23. The van der Waals surface area contributed by atoms with Gasteiger partial charge in [-0.1, -0.05) is 19.8 Å². The third kappa shape index (κ3) is 5.86. The lowest BCUT2D eigenvalue weighted by Crippen LogP contribution is -2.42. The van der Waals surface area contributed by atoms with Crippen LogP contribution in [0.5, 0.6) is 0 Å². The van der Waals surface area contributed by atoms with Gasteiger partial charge >= 0.3 is 0 Å². The van der Waals surface area contributed by atoms with Crippen LogP contribution < -0.4 is 9.62 Å². The molecule has 3 rings (SSSR count). The minimum Gasteiger partial charge on any atom is -0.343 e. The topological polar surface area (TPSA) is 86.8 Å². The average Bonchev–Trinajstić information content (AvgIpc) is 2.95. The van der Waals surface area contributed by atoms with E-state index in [2.05, 4.69) is 4.72 Å². The van der Waals surface area contributed by atoms with Crippen molar-refractivity contribution in [3.05, 3.63) is 23.8 Å². The van der Waals surface area contributed by atoms with Crippen LogP contribution in [0.4, 0.5) is 5.69 Å². The Morgan fingerprint density at radius 3 is 2.29 bits per heavy atom. The molecule has 8 heteroatoms. The van der Waals surface area contributed by atoms with E-state index in [4.69, 9.17) is 0 Å². The molecule has 1 saturated heterocycles. The molecule has 0 bridgehead atoms. The maximum atomic E-state index is 12.8. The highest BCUT2D eigenvalue weighted by molar-refractivity contribution is 7.89. The molecule has 2 aliphatic heterocycles.